The van der Waals surface area contributed by atoms with Gasteiger partial charge in [0.15, 0.2) is 5.96 Å². The second kappa shape index (κ2) is 13.0. The quantitative estimate of drug-likeness (QED) is 0.342. The van der Waals surface area contributed by atoms with E-state index in [4.69, 9.17) is 11.5 Å². The fourth-order valence-electron chi connectivity index (χ4n) is 4.96. The highest BCUT2D eigenvalue weighted by atomic mass is 35.5. The van der Waals surface area contributed by atoms with Crippen LogP contribution in [0.3, 0.4) is 0 Å². The van der Waals surface area contributed by atoms with Crippen molar-refractivity contribution in [1.29, 1.82) is 0 Å². The number of aliphatic imine (C=N–C) groups is 1. The first-order valence-electron chi connectivity index (χ1n) is 11.9. The Hall–Kier alpha value is -2.32. The zero-order valence-electron chi connectivity index (χ0n) is 19.8. The summed E-state index contributed by atoms with van der Waals surface area (Å²) in [6.45, 7) is 2.73. The molecule has 0 bridgehead atoms. The molecule has 1 heterocycles. The van der Waals surface area contributed by atoms with Gasteiger partial charge in [-0.25, -0.2) is 15.0 Å². The van der Waals surface area contributed by atoms with E-state index in [2.05, 4.69) is 31.7 Å². The molecule has 2 aromatic rings. The van der Waals surface area contributed by atoms with Crippen molar-refractivity contribution in [3.63, 3.8) is 0 Å². The Balaban J connectivity index is 0.00000204. The van der Waals surface area contributed by atoms with Gasteiger partial charge in [-0.1, -0.05) is 43.7 Å². The zero-order chi connectivity index (χ0) is 22.5. The van der Waals surface area contributed by atoms with E-state index in [1.165, 1.54) is 32.1 Å². The summed E-state index contributed by atoms with van der Waals surface area (Å²) in [7, 11) is 0. The van der Waals surface area contributed by atoms with Gasteiger partial charge in [-0.2, -0.15) is 0 Å². The summed E-state index contributed by atoms with van der Waals surface area (Å²) >= 11 is 0. The van der Waals surface area contributed by atoms with Crippen molar-refractivity contribution in [2.24, 2.45) is 22.4 Å². The molecule has 2 fully saturated rings. The second-order valence-corrected chi connectivity index (χ2v) is 9.29. The molecule has 1 aromatic heterocycles. The molecule has 2 aliphatic rings. The maximum atomic E-state index is 12.9. The first-order chi connectivity index (χ1) is 15.5. The van der Waals surface area contributed by atoms with E-state index in [1.807, 2.05) is 19.1 Å². The van der Waals surface area contributed by atoms with Gasteiger partial charge in [-0.3, -0.25) is 4.79 Å². The van der Waals surface area contributed by atoms with Crippen LogP contribution in [-0.2, 0) is 0 Å². The number of nitrogens with one attached hydrogen (secondary N) is 2. The first-order valence-corrected chi connectivity index (χ1v) is 11.9. The number of halogens is 2. The van der Waals surface area contributed by atoms with E-state index < -0.39 is 0 Å². The monoisotopic (exact) mass is 509 g/mol. The largest absolute Gasteiger partial charge is 0.370 e. The van der Waals surface area contributed by atoms with Crippen LogP contribution in [0.5, 0.6) is 0 Å². The summed E-state index contributed by atoms with van der Waals surface area (Å²) in [5, 5.41) is 7.53. The Morgan fingerprint density at radius 3 is 2.47 bits per heavy atom. The average Bonchev–Trinajstić information content (AvgIpc) is 2.79. The van der Waals surface area contributed by atoms with Gasteiger partial charge in [0.25, 0.3) is 5.91 Å². The zero-order valence-corrected chi connectivity index (χ0v) is 21.4. The number of nitrogens with zero attached hydrogens (tertiary/aromatic N) is 3. The fraction of sp³-hybridized carbons (Fsp3) is 0.583. The van der Waals surface area contributed by atoms with Crippen molar-refractivity contribution in [3.05, 3.63) is 29.6 Å². The van der Waals surface area contributed by atoms with Crippen LogP contribution in [0.4, 0.5) is 5.82 Å². The van der Waals surface area contributed by atoms with E-state index in [1.54, 1.807) is 0 Å². The molecule has 2 atom stereocenters. The van der Waals surface area contributed by atoms with Crippen LogP contribution in [0.2, 0.25) is 0 Å². The van der Waals surface area contributed by atoms with Crippen molar-refractivity contribution in [2.45, 2.75) is 76.8 Å². The molecule has 2 saturated carbocycles. The van der Waals surface area contributed by atoms with E-state index in [9.17, 15) is 4.79 Å². The van der Waals surface area contributed by atoms with Crippen LogP contribution < -0.4 is 22.1 Å². The van der Waals surface area contributed by atoms with Crippen LogP contribution >= 0.6 is 24.8 Å². The van der Waals surface area contributed by atoms with Crippen molar-refractivity contribution >= 4 is 53.4 Å². The van der Waals surface area contributed by atoms with Gasteiger partial charge in [-0.05, 0) is 50.7 Å². The number of aryl methyl sites for hydroxylation is 1. The summed E-state index contributed by atoms with van der Waals surface area (Å²) in [6, 6.07) is 6.06. The van der Waals surface area contributed by atoms with Gasteiger partial charge in [-0.15, -0.1) is 24.8 Å². The van der Waals surface area contributed by atoms with Gasteiger partial charge >= 0.3 is 0 Å². The summed E-state index contributed by atoms with van der Waals surface area (Å²) in [4.78, 5) is 26.6. The Bertz CT molecular complexity index is 991. The molecule has 10 heteroatoms. The van der Waals surface area contributed by atoms with Gasteiger partial charge in [0.05, 0.1) is 17.6 Å². The Kier molecular flexibility index (Phi) is 10.6. The van der Waals surface area contributed by atoms with Gasteiger partial charge in [0.1, 0.15) is 5.82 Å². The molecule has 0 radical (unpaired) electrons. The fourth-order valence-corrected chi connectivity index (χ4v) is 4.96. The number of fused-ring (bicyclic) bond motifs is 1. The lowest BCUT2D eigenvalue weighted by atomic mass is 9.89. The van der Waals surface area contributed by atoms with Crippen molar-refractivity contribution in [2.75, 3.05) is 11.9 Å². The highest BCUT2D eigenvalue weighted by molar-refractivity contribution is 5.96. The molecule has 4 rings (SSSR count). The third-order valence-electron chi connectivity index (χ3n) is 6.70. The van der Waals surface area contributed by atoms with Crippen LogP contribution in [-0.4, -0.2) is 40.5 Å². The van der Waals surface area contributed by atoms with Gasteiger partial charge < -0.3 is 22.1 Å². The third-order valence-corrected chi connectivity index (χ3v) is 6.70. The minimum atomic E-state index is -0.217. The highest BCUT2D eigenvalue weighted by Gasteiger charge is 2.26. The van der Waals surface area contributed by atoms with Crippen molar-refractivity contribution < 1.29 is 4.79 Å². The maximum absolute atomic E-state index is 12.9. The average molecular weight is 511 g/mol. The van der Waals surface area contributed by atoms with E-state index in [-0.39, 0.29) is 54.6 Å². The third kappa shape index (κ3) is 7.09. The molecule has 0 unspecified atom stereocenters. The molecule has 2 aliphatic carbocycles. The Morgan fingerprint density at radius 1 is 1.03 bits per heavy atom. The van der Waals surface area contributed by atoms with Crippen LogP contribution in [0.25, 0.3) is 10.9 Å². The number of benzene rings is 1. The maximum Gasteiger partial charge on any atom is 0.289 e. The molecule has 8 nitrogen and oxygen atoms in total. The van der Waals surface area contributed by atoms with Crippen molar-refractivity contribution in [1.82, 2.24) is 15.3 Å². The number of rotatable bonds is 6. The lowest BCUT2D eigenvalue weighted by molar-refractivity contribution is 0.0933. The van der Waals surface area contributed by atoms with E-state index >= 15 is 0 Å². The summed E-state index contributed by atoms with van der Waals surface area (Å²) < 4.78 is 0. The van der Waals surface area contributed by atoms with Gasteiger partial charge in [0.2, 0.25) is 5.82 Å². The molecular formula is C24H37Cl2N7O. The molecule has 1 amide bonds. The Morgan fingerprint density at radius 2 is 1.74 bits per heavy atom. The molecule has 1 aromatic carbocycles. The summed E-state index contributed by atoms with van der Waals surface area (Å²) in [6.07, 6.45) is 10.2. The second-order valence-electron chi connectivity index (χ2n) is 9.29. The van der Waals surface area contributed by atoms with Crippen molar-refractivity contribution in [3.8, 4) is 0 Å². The van der Waals surface area contributed by atoms with Crippen LogP contribution in [0, 0.1) is 12.8 Å². The summed E-state index contributed by atoms with van der Waals surface area (Å²) in [5.74, 6) is 1.31. The number of anilines is 1. The smallest absolute Gasteiger partial charge is 0.289 e. The lowest BCUT2D eigenvalue weighted by Crippen LogP contribution is -2.38. The van der Waals surface area contributed by atoms with Crippen LogP contribution in [0.1, 0.15) is 74.0 Å². The Labute approximate surface area is 214 Å². The standard InChI is InChI=1S/C24H35N7O.2ClH/c1-15-11-12-18-17(13-15)21(29-19-9-5-6-10-20(19)30-24(25)26)31-22(28-18)23(32)27-14-16-7-3-2-4-8-16;;/h11-13,16,19-20H,2-10,14H2,1H3,(H,27,32)(H4,25,26,30)(H,28,29,31);2*1H/t19-,20+;;/m0../s1. The number of hydrogen-bond acceptors (Lipinski definition) is 5. The molecule has 0 saturated heterocycles. The van der Waals surface area contributed by atoms with Gasteiger partial charge in [0, 0.05) is 11.9 Å². The number of aromatic nitrogens is 2. The number of guanidine groups is 1. The molecular weight excluding hydrogens is 473 g/mol. The molecule has 0 spiro atoms. The predicted octanol–water partition coefficient (Wildman–Crippen LogP) is 4.09. The molecule has 188 valence electrons. The lowest BCUT2D eigenvalue weighted by Gasteiger charge is -2.30. The first kappa shape index (κ1) is 27.9. The van der Waals surface area contributed by atoms with E-state index in [0.717, 1.165) is 42.1 Å². The highest BCUT2D eigenvalue weighted by Crippen LogP contribution is 2.28. The molecule has 34 heavy (non-hydrogen) atoms. The number of nitrogens with two attached hydrogens (primary N) is 2. The minimum Gasteiger partial charge on any atom is -0.370 e. The predicted molar refractivity (Wildman–Crippen MR) is 143 cm³/mol. The topological polar surface area (TPSA) is 131 Å². The number of amides is 1. The van der Waals surface area contributed by atoms with Crippen LogP contribution in [0.15, 0.2) is 23.2 Å². The molecule has 0 aliphatic heterocycles. The number of hydrogen-bond donors (Lipinski definition) is 4. The molecule has 6 N–H and O–H groups in total. The minimum absolute atomic E-state index is 0. The van der Waals surface area contributed by atoms with E-state index in [0.29, 0.717) is 18.3 Å². The number of carbonyl (C=O) groups excluding carboxylic acids is 1. The summed E-state index contributed by atoms with van der Waals surface area (Å²) in [5.41, 5.74) is 13.2. The number of carbonyl (C=O) groups is 1. The normalized spacial score (nSPS) is 20.5. The SMILES string of the molecule is Cc1ccc2nc(C(=O)NCC3CCCCC3)nc(N[C@H]3CCCC[C@H]3N=C(N)N)c2c1.Cl.Cl.